The summed E-state index contributed by atoms with van der Waals surface area (Å²) in [5.41, 5.74) is 1.87. The highest BCUT2D eigenvalue weighted by atomic mass is 32.2. The molecule has 0 aliphatic carbocycles. The van der Waals surface area contributed by atoms with Crippen LogP contribution in [0.5, 0.6) is 0 Å². The second-order valence-electron chi connectivity index (χ2n) is 7.71. The number of rotatable bonds is 8. The Morgan fingerprint density at radius 1 is 1.07 bits per heavy atom. The fourth-order valence-electron chi connectivity index (χ4n) is 3.47. The molecule has 162 valence electrons. The second kappa shape index (κ2) is 10.5. The first-order chi connectivity index (χ1) is 14.4. The van der Waals surface area contributed by atoms with Crippen LogP contribution in [-0.2, 0) is 14.4 Å². The molecule has 2 N–H and O–H groups in total. The molecule has 8 nitrogen and oxygen atoms in total. The Bertz CT molecular complexity index is 775. The van der Waals surface area contributed by atoms with Gasteiger partial charge in [-0.05, 0) is 43.0 Å². The van der Waals surface area contributed by atoms with E-state index in [4.69, 9.17) is 0 Å². The largest absolute Gasteiger partial charge is 0.372 e. The van der Waals surface area contributed by atoms with Gasteiger partial charge in [-0.25, -0.2) is 0 Å². The smallest absolute Gasteiger partial charge is 0.288 e. The van der Waals surface area contributed by atoms with Crippen LogP contribution in [0.25, 0.3) is 0 Å². The lowest BCUT2D eigenvalue weighted by Crippen LogP contribution is -2.37. The molecule has 2 aliphatic heterocycles. The van der Waals surface area contributed by atoms with Crippen molar-refractivity contribution < 1.29 is 19.2 Å². The second-order valence-corrected chi connectivity index (χ2v) is 8.64. The van der Waals surface area contributed by atoms with Crippen molar-refractivity contribution in [1.82, 2.24) is 10.2 Å². The van der Waals surface area contributed by atoms with Gasteiger partial charge in [0.25, 0.3) is 5.24 Å². The number of imide groups is 1. The number of benzene rings is 1. The van der Waals surface area contributed by atoms with Crippen molar-refractivity contribution >= 4 is 46.1 Å². The SMILES string of the molecule is CC1CCN(c2ccc(NC(=O)CCC(=O)NCCN3C(=O)CSC3=O)cc2)CC1. The Morgan fingerprint density at radius 2 is 1.73 bits per heavy atom. The van der Waals surface area contributed by atoms with E-state index >= 15 is 0 Å². The lowest BCUT2D eigenvalue weighted by Gasteiger charge is -2.32. The Kier molecular flexibility index (Phi) is 7.73. The summed E-state index contributed by atoms with van der Waals surface area (Å²) in [7, 11) is 0. The summed E-state index contributed by atoms with van der Waals surface area (Å²) in [6, 6.07) is 7.79. The Labute approximate surface area is 180 Å². The highest BCUT2D eigenvalue weighted by Crippen LogP contribution is 2.24. The van der Waals surface area contributed by atoms with Crippen molar-refractivity contribution in [3.8, 4) is 0 Å². The summed E-state index contributed by atoms with van der Waals surface area (Å²) in [6.45, 7) is 4.74. The van der Waals surface area contributed by atoms with Gasteiger partial charge in [0, 0.05) is 50.4 Å². The molecular weight excluding hydrogens is 404 g/mol. The van der Waals surface area contributed by atoms with Crippen molar-refractivity contribution in [3.63, 3.8) is 0 Å². The number of anilines is 2. The molecule has 0 aromatic heterocycles. The monoisotopic (exact) mass is 432 g/mol. The predicted molar refractivity (Wildman–Crippen MR) is 117 cm³/mol. The number of nitrogens with zero attached hydrogens (tertiary/aromatic N) is 2. The topological polar surface area (TPSA) is 98.8 Å². The summed E-state index contributed by atoms with van der Waals surface area (Å²) in [5, 5.41) is 5.16. The first kappa shape index (κ1) is 22.1. The van der Waals surface area contributed by atoms with E-state index < -0.39 is 0 Å². The van der Waals surface area contributed by atoms with Crippen LogP contribution in [0.4, 0.5) is 16.2 Å². The molecule has 0 spiro atoms. The zero-order valence-corrected chi connectivity index (χ0v) is 18.0. The zero-order valence-electron chi connectivity index (χ0n) is 17.2. The third-order valence-corrected chi connectivity index (χ3v) is 6.24. The minimum Gasteiger partial charge on any atom is -0.372 e. The molecule has 0 atom stereocenters. The molecule has 0 bridgehead atoms. The van der Waals surface area contributed by atoms with Crippen LogP contribution in [0, 0.1) is 5.92 Å². The van der Waals surface area contributed by atoms with Crippen molar-refractivity contribution in [1.29, 1.82) is 0 Å². The van der Waals surface area contributed by atoms with Gasteiger partial charge >= 0.3 is 0 Å². The van der Waals surface area contributed by atoms with Gasteiger partial charge < -0.3 is 15.5 Å². The standard InChI is InChI=1S/C21H28N4O4S/c1-15-8-11-24(12-9-15)17-4-2-16(3-5-17)23-19(27)7-6-18(26)22-10-13-25-20(28)14-30-21(25)29/h2-5,15H,6-14H2,1H3,(H,22,26)(H,23,27). The Morgan fingerprint density at radius 3 is 2.37 bits per heavy atom. The van der Waals surface area contributed by atoms with Crippen LogP contribution in [0.3, 0.4) is 0 Å². The third kappa shape index (κ3) is 6.22. The van der Waals surface area contributed by atoms with Gasteiger partial charge in [-0.15, -0.1) is 0 Å². The van der Waals surface area contributed by atoms with E-state index in [0.717, 1.165) is 41.4 Å². The van der Waals surface area contributed by atoms with E-state index in [2.05, 4.69) is 22.5 Å². The molecule has 2 saturated heterocycles. The molecule has 2 aliphatic rings. The summed E-state index contributed by atoms with van der Waals surface area (Å²) in [4.78, 5) is 50.4. The number of piperidine rings is 1. The molecule has 3 rings (SSSR count). The van der Waals surface area contributed by atoms with Gasteiger partial charge in [-0.2, -0.15) is 0 Å². The van der Waals surface area contributed by atoms with Gasteiger partial charge in [0.1, 0.15) is 0 Å². The maximum absolute atomic E-state index is 12.1. The van der Waals surface area contributed by atoms with Gasteiger partial charge in [0.2, 0.25) is 17.7 Å². The summed E-state index contributed by atoms with van der Waals surface area (Å²) < 4.78 is 0. The first-order valence-electron chi connectivity index (χ1n) is 10.3. The van der Waals surface area contributed by atoms with Gasteiger partial charge in [-0.3, -0.25) is 24.1 Å². The van der Waals surface area contributed by atoms with Gasteiger partial charge in [0.15, 0.2) is 0 Å². The number of amides is 4. The van der Waals surface area contributed by atoms with Crippen LogP contribution in [0.15, 0.2) is 24.3 Å². The van der Waals surface area contributed by atoms with Crippen LogP contribution >= 0.6 is 11.8 Å². The molecule has 0 saturated carbocycles. The minimum absolute atomic E-state index is 0.0481. The van der Waals surface area contributed by atoms with Crippen LogP contribution in [0.1, 0.15) is 32.6 Å². The van der Waals surface area contributed by atoms with Crippen molar-refractivity contribution in [2.75, 3.05) is 42.1 Å². The molecule has 1 aromatic rings. The number of carbonyl (C=O) groups excluding carboxylic acids is 4. The number of hydrogen-bond acceptors (Lipinski definition) is 6. The van der Waals surface area contributed by atoms with Crippen molar-refractivity contribution in [2.45, 2.75) is 32.6 Å². The lowest BCUT2D eigenvalue weighted by molar-refractivity contribution is -0.126. The Hall–Kier alpha value is -2.55. The van der Waals surface area contributed by atoms with Crippen LogP contribution in [0.2, 0.25) is 0 Å². The molecule has 2 fully saturated rings. The number of carbonyl (C=O) groups is 4. The average Bonchev–Trinajstić information content (AvgIpc) is 3.05. The third-order valence-electron chi connectivity index (χ3n) is 5.38. The molecular formula is C21H28N4O4S. The predicted octanol–water partition coefficient (Wildman–Crippen LogP) is 2.45. The maximum atomic E-state index is 12.1. The van der Waals surface area contributed by atoms with E-state index in [-0.39, 0.29) is 54.6 Å². The highest BCUT2D eigenvalue weighted by molar-refractivity contribution is 8.14. The molecule has 0 radical (unpaired) electrons. The summed E-state index contributed by atoms with van der Waals surface area (Å²) >= 11 is 0.965. The molecule has 2 heterocycles. The molecule has 0 unspecified atom stereocenters. The maximum Gasteiger partial charge on any atom is 0.288 e. The zero-order chi connectivity index (χ0) is 21.5. The lowest BCUT2D eigenvalue weighted by atomic mass is 9.99. The Balaban J connectivity index is 1.34. The fraction of sp³-hybridized carbons (Fsp3) is 0.524. The van der Waals surface area contributed by atoms with E-state index in [9.17, 15) is 19.2 Å². The molecule has 9 heteroatoms. The van der Waals surface area contributed by atoms with Crippen molar-refractivity contribution in [2.24, 2.45) is 5.92 Å². The highest BCUT2D eigenvalue weighted by Gasteiger charge is 2.29. The fourth-order valence-corrected chi connectivity index (χ4v) is 4.22. The molecule has 4 amide bonds. The van der Waals surface area contributed by atoms with E-state index in [1.807, 2.05) is 24.3 Å². The first-order valence-corrected chi connectivity index (χ1v) is 11.3. The summed E-state index contributed by atoms with van der Waals surface area (Å²) in [6.07, 6.45) is 2.51. The summed E-state index contributed by atoms with van der Waals surface area (Å²) in [5.74, 6) is 0.184. The van der Waals surface area contributed by atoms with Gasteiger partial charge in [0.05, 0.1) is 5.75 Å². The average molecular weight is 433 g/mol. The number of thioether (sulfide) groups is 1. The van der Waals surface area contributed by atoms with Crippen LogP contribution < -0.4 is 15.5 Å². The normalized spacial score (nSPS) is 17.4. The van der Waals surface area contributed by atoms with Gasteiger partial charge in [-0.1, -0.05) is 18.7 Å². The number of hydrogen-bond donors (Lipinski definition) is 2. The molecule has 30 heavy (non-hydrogen) atoms. The number of nitrogens with one attached hydrogen (secondary N) is 2. The van der Waals surface area contributed by atoms with Crippen molar-refractivity contribution in [3.05, 3.63) is 24.3 Å². The minimum atomic E-state index is -0.286. The quantitative estimate of drug-likeness (QED) is 0.655. The van der Waals surface area contributed by atoms with E-state index in [0.29, 0.717) is 5.69 Å². The van der Waals surface area contributed by atoms with E-state index in [1.165, 1.54) is 12.8 Å². The molecule has 1 aromatic carbocycles. The van der Waals surface area contributed by atoms with E-state index in [1.54, 1.807) is 0 Å². The van der Waals surface area contributed by atoms with Crippen LogP contribution in [-0.4, -0.2) is 59.8 Å².